The molecule has 2 aromatic carbocycles. The number of rotatable bonds is 8. The number of hydrogen-bond donors (Lipinski definition) is 1. The molecule has 2 aromatic heterocycles. The van der Waals surface area contributed by atoms with Crippen LogP contribution in [0.5, 0.6) is 0 Å². The molecule has 37 heavy (non-hydrogen) atoms. The molecule has 0 saturated heterocycles. The van der Waals surface area contributed by atoms with Gasteiger partial charge >= 0.3 is 0 Å². The van der Waals surface area contributed by atoms with Crippen LogP contribution >= 0.6 is 23.1 Å². The molecule has 1 aliphatic heterocycles. The topological polar surface area (TPSA) is 96.5 Å². The summed E-state index contributed by atoms with van der Waals surface area (Å²) in [6, 6.07) is 18.3. The van der Waals surface area contributed by atoms with Crippen molar-refractivity contribution in [3.8, 4) is 0 Å². The van der Waals surface area contributed by atoms with Crippen LogP contribution in [-0.4, -0.2) is 27.0 Å². The van der Waals surface area contributed by atoms with Crippen LogP contribution in [0, 0.1) is 13.8 Å². The minimum absolute atomic E-state index is 0.0346. The maximum Gasteiger partial charge on any atom is 0.296 e. The van der Waals surface area contributed by atoms with Crippen LogP contribution in [-0.2, 0) is 17.0 Å². The first kappa shape index (κ1) is 25.0. The molecule has 0 aliphatic carbocycles. The molecular weight excluding hydrogens is 506 g/mol. The number of aliphatic hydroxyl groups is 1. The molecule has 0 spiro atoms. The number of benzene rings is 2. The van der Waals surface area contributed by atoms with Crippen molar-refractivity contribution >= 4 is 39.9 Å². The highest BCUT2D eigenvalue weighted by molar-refractivity contribution is 8.00. The van der Waals surface area contributed by atoms with Gasteiger partial charge in [-0.1, -0.05) is 84.1 Å². The third-order valence-corrected chi connectivity index (χ3v) is 8.33. The number of furan rings is 1. The van der Waals surface area contributed by atoms with E-state index < -0.39 is 23.5 Å². The lowest BCUT2D eigenvalue weighted by molar-refractivity contribution is -0.117. The average molecular weight is 532 g/mol. The van der Waals surface area contributed by atoms with E-state index in [0.29, 0.717) is 26.5 Å². The fourth-order valence-corrected chi connectivity index (χ4v) is 5.99. The van der Waals surface area contributed by atoms with Crippen molar-refractivity contribution in [3.05, 3.63) is 106 Å². The van der Waals surface area contributed by atoms with Crippen molar-refractivity contribution in [2.75, 3.05) is 4.90 Å². The number of hydrogen-bond acceptors (Lipinski definition) is 8. The van der Waals surface area contributed by atoms with Crippen molar-refractivity contribution in [2.24, 2.45) is 0 Å². The fraction of sp³-hybridized carbons (Fsp3) is 0.214. The second-order valence-corrected chi connectivity index (χ2v) is 11.0. The van der Waals surface area contributed by atoms with Crippen LogP contribution in [0.15, 0.2) is 80.8 Å². The van der Waals surface area contributed by atoms with Crippen LogP contribution in [0.1, 0.15) is 51.5 Å². The van der Waals surface area contributed by atoms with Gasteiger partial charge in [-0.15, -0.1) is 10.2 Å². The predicted octanol–water partition coefficient (Wildman–Crippen LogP) is 6.39. The zero-order valence-electron chi connectivity index (χ0n) is 20.6. The molecule has 1 N–H and O–H groups in total. The molecule has 0 bridgehead atoms. The normalized spacial score (nSPS) is 15.6. The van der Waals surface area contributed by atoms with Crippen molar-refractivity contribution in [1.29, 1.82) is 0 Å². The Bertz CT molecular complexity index is 1490. The highest BCUT2D eigenvalue weighted by atomic mass is 32.2. The van der Waals surface area contributed by atoms with Gasteiger partial charge in [-0.25, -0.2) is 0 Å². The molecule has 0 radical (unpaired) electrons. The fourth-order valence-electron chi connectivity index (χ4n) is 4.16. The van der Waals surface area contributed by atoms with Crippen molar-refractivity contribution in [1.82, 2.24) is 10.2 Å². The number of ketones is 1. The number of carbonyl (C=O) groups is 2. The minimum Gasteiger partial charge on any atom is -0.503 e. The molecule has 3 heterocycles. The standard InChI is InChI=1S/C28H25N3O4S2/c1-4-18-10-12-20(13-11-18)23-22(24(32)21-14-7-17(3)35-21)25(33)26(34)31(23)27-29-30-28(37-27)36-15-19-8-5-16(2)6-9-19/h5-14,23,33H,4,15H2,1-3H3. The molecule has 1 unspecified atom stereocenters. The molecule has 0 saturated carbocycles. The first-order chi connectivity index (χ1) is 17.9. The van der Waals surface area contributed by atoms with Crippen LogP contribution in [0.3, 0.4) is 0 Å². The van der Waals surface area contributed by atoms with Gasteiger partial charge in [0.2, 0.25) is 10.9 Å². The van der Waals surface area contributed by atoms with E-state index in [-0.39, 0.29) is 11.3 Å². The molecule has 188 valence electrons. The Hall–Kier alpha value is -3.69. The lowest BCUT2D eigenvalue weighted by atomic mass is 9.94. The maximum atomic E-state index is 13.5. The summed E-state index contributed by atoms with van der Waals surface area (Å²) in [5, 5.41) is 19.8. The Morgan fingerprint density at radius 2 is 1.73 bits per heavy atom. The number of nitrogens with zero attached hydrogens (tertiary/aromatic N) is 3. The third-order valence-electron chi connectivity index (χ3n) is 6.21. The Balaban J connectivity index is 1.49. The van der Waals surface area contributed by atoms with Crippen LogP contribution < -0.4 is 4.90 Å². The summed E-state index contributed by atoms with van der Waals surface area (Å²) in [4.78, 5) is 28.2. The minimum atomic E-state index is -0.862. The lowest BCUT2D eigenvalue weighted by Crippen LogP contribution is -2.31. The van der Waals surface area contributed by atoms with Gasteiger partial charge in [0.1, 0.15) is 5.76 Å². The average Bonchev–Trinajstić information content (AvgIpc) is 3.62. The summed E-state index contributed by atoms with van der Waals surface area (Å²) >= 11 is 2.77. The SMILES string of the molecule is CCc1ccc(C2C(C(=O)c3ccc(C)o3)=C(O)C(=O)N2c2nnc(SCc3ccc(C)cc3)s2)cc1. The number of Topliss-reactive ketones (excluding diaryl/α,β-unsaturated/α-hetero) is 1. The van der Waals surface area contributed by atoms with E-state index in [9.17, 15) is 14.7 Å². The second-order valence-electron chi connectivity index (χ2n) is 8.80. The molecule has 0 fully saturated rings. The third kappa shape index (κ3) is 4.97. The molecule has 5 rings (SSSR count). The summed E-state index contributed by atoms with van der Waals surface area (Å²) in [5.41, 5.74) is 4.12. The highest BCUT2D eigenvalue weighted by Crippen LogP contribution is 2.44. The first-order valence-corrected chi connectivity index (χ1v) is 13.6. The first-order valence-electron chi connectivity index (χ1n) is 11.8. The van der Waals surface area contributed by atoms with Gasteiger partial charge < -0.3 is 9.52 Å². The van der Waals surface area contributed by atoms with Crippen LogP contribution in [0.4, 0.5) is 5.13 Å². The number of amides is 1. The maximum absolute atomic E-state index is 13.5. The lowest BCUT2D eigenvalue weighted by Gasteiger charge is -2.24. The van der Waals surface area contributed by atoms with E-state index in [1.807, 2.05) is 31.2 Å². The monoisotopic (exact) mass is 531 g/mol. The number of anilines is 1. The van der Waals surface area contributed by atoms with Crippen LogP contribution in [0.25, 0.3) is 0 Å². The second kappa shape index (κ2) is 10.4. The predicted molar refractivity (Wildman–Crippen MR) is 144 cm³/mol. The van der Waals surface area contributed by atoms with E-state index in [0.717, 1.165) is 17.5 Å². The molecule has 1 aliphatic rings. The van der Waals surface area contributed by atoms with Gasteiger partial charge in [-0.3, -0.25) is 14.5 Å². The molecular formula is C28H25N3O4S2. The van der Waals surface area contributed by atoms with Crippen molar-refractivity contribution in [2.45, 2.75) is 43.3 Å². The van der Waals surface area contributed by atoms with Gasteiger partial charge in [-0.2, -0.15) is 0 Å². The van der Waals surface area contributed by atoms with E-state index >= 15 is 0 Å². The van der Waals surface area contributed by atoms with Crippen molar-refractivity contribution < 1.29 is 19.1 Å². The molecule has 4 aromatic rings. The number of aryl methyl sites for hydroxylation is 3. The molecule has 1 atom stereocenters. The summed E-state index contributed by atoms with van der Waals surface area (Å²) in [6.45, 7) is 5.83. The summed E-state index contributed by atoms with van der Waals surface area (Å²) < 4.78 is 6.22. The smallest absolute Gasteiger partial charge is 0.296 e. The Morgan fingerprint density at radius 1 is 1.03 bits per heavy atom. The van der Waals surface area contributed by atoms with Gasteiger partial charge in [0.05, 0.1) is 11.6 Å². The number of thioether (sulfide) groups is 1. The van der Waals surface area contributed by atoms with E-state index in [2.05, 4.69) is 41.4 Å². The summed E-state index contributed by atoms with van der Waals surface area (Å²) in [7, 11) is 0. The zero-order chi connectivity index (χ0) is 26.1. The van der Waals surface area contributed by atoms with Crippen molar-refractivity contribution in [3.63, 3.8) is 0 Å². The molecule has 7 nitrogen and oxygen atoms in total. The van der Waals surface area contributed by atoms with Gasteiger partial charge in [0.15, 0.2) is 15.9 Å². The van der Waals surface area contributed by atoms with E-state index in [4.69, 9.17) is 4.42 Å². The Kier molecular flexibility index (Phi) is 6.99. The Labute approximate surface area is 222 Å². The van der Waals surface area contributed by atoms with Gasteiger partial charge in [0, 0.05) is 5.75 Å². The van der Waals surface area contributed by atoms with E-state index in [1.165, 1.54) is 33.6 Å². The van der Waals surface area contributed by atoms with Gasteiger partial charge in [0.25, 0.3) is 5.91 Å². The van der Waals surface area contributed by atoms with E-state index in [1.54, 1.807) is 19.1 Å². The summed E-state index contributed by atoms with van der Waals surface area (Å²) in [5.74, 6) is -0.501. The largest absolute Gasteiger partial charge is 0.503 e. The highest BCUT2D eigenvalue weighted by Gasteiger charge is 2.46. The number of carbonyl (C=O) groups excluding carboxylic acids is 2. The van der Waals surface area contributed by atoms with Crippen LogP contribution in [0.2, 0.25) is 0 Å². The number of aliphatic hydroxyl groups excluding tert-OH is 1. The molecule has 9 heteroatoms. The van der Waals surface area contributed by atoms with Gasteiger partial charge in [-0.05, 0) is 49.1 Å². The molecule has 1 amide bonds. The quantitative estimate of drug-likeness (QED) is 0.160. The Morgan fingerprint density at radius 3 is 2.38 bits per heavy atom. The zero-order valence-corrected chi connectivity index (χ0v) is 22.2. The number of aromatic nitrogens is 2. The summed E-state index contributed by atoms with van der Waals surface area (Å²) in [6.07, 6.45) is 0.851.